The highest BCUT2D eigenvalue weighted by molar-refractivity contribution is 6.38. The van der Waals surface area contributed by atoms with Gasteiger partial charge in [-0.1, -0.05) is 35.9 Å². The van der Waals surface area contributed by atoms with E-state index in [1.54, 1.807) is 18.6 Å². The molecule has 0 spiro atoms. The molecule has 2 N–H and O–H groups in total. The summed E-state index contributed by atoms with van der Waals surface area (Å²) in [7, 11) is 0. The normalized spacial score (nSPS) is 11.9. The van der Waals surface area contributed by atoms with Crippen LogP contribution in [-0.4, -0.2) is 16.9 Å². The van der Waals surface area contributed by atoms with Crippen LogP contribution in [0, 0.1) is 6.92 Å². The van der Waals surface area contributed by atoms with Crippen LogP contribution in [0.25, 0.3) is 0 Å². The number of pyridine rings is 1. The minimum atomic E-state index is 0.568. The van der Waals surface area contributed by atoms with Gasteiger partial charge >= 0.3 is 0 Å². The molecule has 19 heavy (non-hydrogen) atoms. The van der Waals surface area contributed by atoms with Gasteiger partial charge in [0, 0.05) is 24.2 Å². The second kappa shape index (κ2) is 6.44. The number of hydrogen-bond acceptors (Lipinski definition) is 4. The molecule has 1 aromatic heterocycles. The zero-order chi connectivity index (χ0) is 13.5. The number of nitrogens with zero attached hydrogens (tertiary/aromatic N) is 3. The fraction of sp³-hybridized carbons (Fsp3) is 0.133. The minimum absolute atomic E-state index is 0.568. The Balaban J connectivity index is 2.06. The fourth-order valence-electron chi connectivity index (χ4n) is 1.64. The molecule has 0 atom stereocenters. The molecule has 0 fully saturated rings. The topological polar surface area (TPSA) is 63.6 Å². The highest BCUT2D eigenvalue weighted by Gasteiger charge is 1.99. The van der Waals surface area contributed by atoms with E-state index in [1.807, 2.05) is 43.3 Å². The summed E-state index contributed by atoms with van der Waals surface area (Å²) in [4.78, 5) is 8.38. The van der Waals surface area contributed by atoms with E-state index in [2.05, 4.69) is 15.1 Å². The Morgan fingerprint density at radius 1 is 1.26 bits per heavy atom. The first kappa shape index (κ1) is 13.0. The first-order valence-electron chi connectivity index (χ1n) is 6.03. The van der Waals surface area contributed by atoms with Gasteiger partial charge in [0.15, 0.2) is 0 Å². The van der Waals surface area contributed by atoms with Crippen molar-refractivity contribution in [1.29, 1.82) is 0 Å². The maximum atomic E-state index is 5.41. The van der Waals surface area contributed by atoms with Crippen LogP contribution in [0.15, 0.2) is 58.9 Å². The number of rotatable bonds is 4. The molecule has 0 amide bonds. The van der Waals surface area contributed by atoms with Crippen molar-refractivity contribution >= 4 is 11.9 Å². The van der Waals surface area contributed by atoms with Gasteiger partial charge < -0.3 is 5.84 Å². The monoisotopic (exact) mass is 252 g/mol. The van der Waals surface area contributed by atoms with Gasteiger partial charge in [-0.3, -0.25) is 9.98 Å². The van der Waals surface area contributed by atoms with E-state index < -0.39 is 0 Å². The van der Waals surface area contributed by atoms with Gasteiger partial charge in [0.2, 0.25) is 0 Å². The molecule has 0 saturated carbocycles. The summed E-state index contributed by atoms with van der Waals surface area (Å²) in [5.74, 6) is 5.41. The second-order valence-corrected chi connectivity index (χ2v) is 4.21. The molecule has 2 aromatic rings. The van der Waals surface area contributed by atoms with Gasteiger partial charge in [0.05, 0.1) is 6.54 Å². The zero-order valence-corrected chi connectivity index (χ0v) is 10.8. The highest BCUT2D eigenvalue weighted by atomic mass is 15.1. The largest absolute Gasteiger partial charge is 0.323 e. The molecule has 96 valence electrons. The minimum Gasteiger partial charge on any atom is -0.323 e. The van der Waals surface area contributed by atoms with E-state index in [-0.39, 0.29) is 0 Å². The van der Waals surface area contributed by atoms with Crippen molar-refractivity contribution in [2.24, 2.45) is 15.9 Å². The van der Waals surface area contributed by atoms with Crippen molar-refractivity contribution in [3.63, 3.8) is 0 Å². The van der Waals surface area contributed by atoms with Crippen LogP contribution in [0.3, 0.4) is 0 Å². The Bertz CT molecular complexity index is 571. The molecular formula is C15H16N4. The summed E-state index contributed by atoms with van der Waals surface area (Å²) in [6, 6.07) is 11.9. The van der Waals surface area contributed by atoms with E-state index >= 15 is 0 Å². The van der Waals surface area contributed by atoms with Gasteiger partial charge in [0.1, 0.15) is 5.71 Å². The van der Waals surface area contributed by atoms with Crippen molar-refractivity contribution in [2.75, 3.05) is 0 Å². The number of benzene rings is 1. The number of nitrogens with two attached hydrogens (primary N) is 1. The molecule has 0 bridgehead atoms. The Kier molecular flexibility index (Phi) is 4.39. The molecule has 0 aliphatic heterocycles. The first-order valence-corrected chi connectivity index (χ1v) is 6.03. The van der Waals surface area contributed by atoms with Crippen LogP contribution in [0.1, 0.15) is 16.7 Å². The smallest absolute Gasteiger partial charge is 0.108 e. The summed E-state index contributed by atoms with van der Waals surface area (Å²) in [5.41, 5.74) is 3.89. The Labute approximate surface area is 112 Å². The third-order valence-corrected chi connectivity index (χ3v) is 2.70. The van der Waals surface area contributed by atoms with Gasteiger partial charge in [0.25, 0.3) is 0 Å². The fourth-order valence-corrected chi connectivity index (χ4v) is 1.64. The second-order valence-electron chi connectivity index (χ2n) is 4.21. The maximum absolute atomic E-state index is 5.41. The van der Waals surface area contributed by atoms with E-state index in [1.165, 1.54) is 5.56 Å². The number of aromatic nitrogens is 1. The SMILES string of the molecule is Cc1ccc(/C(C=NCc2cccnc2)=N/N)cc1. The lowest BCUT2D eigenvalue weighted by Gasteiger charge is -2.00. The van der Waals surface area contributed by atoms with Crippen molar-refractivity contribution < 1.29 is 0 Å². The lowest BCUT2D eigenvalue weighted by molar-refractivity contribution is 1.05. The van der Waals surface area contributed by atoms with Crippen molar-refractivity contribution in [2.45, 2.75) is 13.5 Å². The van der Waals surface area contributed by atoms with Crippen LogP contribution < -0.4 is 5.84 Å². The van der Waals surface area contributed by atoms with Crippen molar-refractivity contribution in [3.8, 4) is 0 Å². The van der Waals surface area contributed by atoms with Crippen LogP contribution in [0.5, 0.6) is 0 Å². The highest BCUT2D eigenvalue weighted by Crippen LogP contribution is 2.04. The van der Waals surface area contributed by atoms with Crippen LogP contribution >= 0.6 is 0 Å². The molecule has 0 radical (unpaired) electrons. The van der Waals surface area contributed by atoms with Gasteiger partial charge in [-0.05, 0) is 18.6 Å². The van der Waals surface area contributed by atoms with E-state index in [9.17, 15) is 0 Å². The number of hydrazone groups is 1. The van der Waals surface area contributed by atoms with E-state index in [0.29, 0.717) is 12.3 Å². The average Bonchev–Trinajstić information content (AvgIpc) is 2.46. The number of hydrogen-bond donors (Lipinski definition) is 1. The Morgan fingerprint density at radius 3 is 2.68 bits per heavy atom. The molecular weight excluding hydrogens is 236 g/mol. The summed E-state index contributed by atoms with van der Waals surface area (Å²) in [6.45, 7) is 2.61. The summed E-state index contributed by atoms with van der Waals surface area (Å²) in [6.07, 6.45) is 5.23. The summed E-state index contributed by atoms with van der Waals surface area (Å²) >= 11 is 0. The molecule has 0 saturated heterocycles. The molecule has 1 heterocycles. The van der Waals surface area contributed by atoms with Gasteiger partial charge in [-0.15, -0.1) is 0 Å². The van der Waals surface area contributed by atoms with Crippen LogP contribution in [0.2, 0.25) is 0 Å². The summed E-state index contributed by atoms with van der Waals surface area (Å²) in [5, 5.41) is 3.77. The maximum Gasteiger partial charge on any atom is 0.108 e. The van der Waals surface area contributed by atoms with E-state index in [0.717, 1.165) is 11.1 Å². The molecule has 1 aromatic carbocycles. The zero-order valence-electron chi connectivity index (χ0n) is 10.8. The first-order chi connectivity index (χ1) is 9.29. The molecule has 4 heteroatoms. The predicted octanol–water partition coefficient (Wildman–Crippen LogP) is 2.32. The van der Waals surface area contributed by atoms with E-state index in [4.69, 9.17) is 5.84 Å². The van der Waals surface area contributed by atoms with Crippen molar-refractivity contribution in [1.82, 2.24) is 4.98 Å². The number of aryl methyl sites for hydroxylation is 1. The van der Waals surface area contributed by atoms with Gasteiger partial charge in [-0.25, -0.2) is 0 Å². The lowest BCUT2D eigenvalue weighted by atomic mass is 10.1. The average molecular weight is 252 g/mol. The predicted molar refractivity (Wildman–Crippen MR) is 78.3 cm³/mol. The molecule has 0 aliphatic carbocycles. The Hall–Kier alpha value is -2.49. The third-order valence-electron chi connectivity index (χ3n) is 2.70. The summed E-state index contributed by atoms with van der Waals surface area (Å²) < 4.78 is 0. The Morgan fingerprint density at radius 2 is 2.05 bits per heavy atom. The van der Waals surface area contributed by atoms with Crippen LogP contribution in [-0.2, 0) is 6.54 Å². The molecule has 2 rings (SSSR count). The number of aliphatic imine (C=N–C) groups is 1. The molecule has 0 aliphatic rings. The van der Waals surface area contributed by atoms with Crippen LogP contribution in [0.4, 0.5) is 0 Å². The lowest BCUT2D eigenvalue weighted by Crippen LogP contribution is -2.06. The third kappa shape index (κ3) is 3.74. The molecule has 4 nitrogen and oxygen atoms in total. The van der Waals surface area contributed by atoms with Gasteiger partial charge in [-0.2, -0.15) is 5.10 Å². The quantitative estimate of drug-likeness (QED) is 0.515. The van der Waals surface area contributed by atoms with Crippen molar-refractivity contribution in [3.05, 3.63) is 65.5 Å². The standard InChI is InChI=1S/C15H16N4/c1-12-4-6-14(7-5-12)15(19-16)11-18-10-13-3-2-8-17-9-13/h2-9,11H,10,16H2,1H3/b18-11?,19-15+. The molecule has 0 unspecified atom stereocenters.